The Morgan fingerprint density at radius 1 is 1.33 bits per heavy atom. The first-order valence-electron chi connectivity index (χ1n) is 4.53. The molecule has 1 rings (SSSR count). The molecule has 0 heterocycles. The third-order valence-corrected chi connectivity index (χ3v) is 2.40. The van der Waals surface area contributed by atoms with Crippen molar-refractivity contribution in [3.05, 3.63) is 35.4 Å². The average Bonchev–Trinajstić information content (AvgIpc) is 2.15. The van der Waals surface area contributed by atoms with Gasteiger partial charge in [-0.1, -0.05) is 29.8 Å². The molecule has 0 amide bonds. The van der Waals surface area contributed by atoms with Crippen molar-refractivity contribution in [2.45, 2.75) is 26.1 Å². The molecule has 15 heavy (non-hydrogen) atoms. The maximum absolute atomic E-state index is 10.5. The van der Waals surface area contributed by atoms with Crippen LogP contribution in [0.2, 0.25) is 0 Å². The number of aryl methyl sites for hydroxylation is 1. The summed E-state index contributed by atoms with van der Waals surface area (Å²) in [5, 5.41) is 9.41. The van der Waals surface area contributed by atoms with E-state index in [-0.39, 0.29) is 0 Å². The molecule has 0 saturated carbocycles. The van der Waals surface area contributed by atoms with Gasteiger partial charge in [0, 0.05) is 0 Å². The number of rotatable bonds is 4. The van der Waals surface area contributed by atoms with Gasteiger partial charge in [-0.25, -0.2) is 0 Å². The highest BCUT2D eigenvalue weighted by Crippen LogP contribution is 2.22. The second kappa shape index (κ2) is 5.37. The van der Waals surface area contributed by atoms with E-state index < -0.39 is 23.6 Å². The van der Waals surface area contributed by atoms with Crippen LogP contribution in [0.25, 0.3) is 0 Å². The summed E-state index contributed by atoms with van der Waals surface area (Å²) in [7, 11) is 0. The molecule has 0 spiro atoms. The predicted molar refractivity (Wildman–Crippen MR) is 57.5 cm³/mol. The molecular weight excluding hydrogens is 216 g/mol. The van der Waals surface area contributed by atoms with Crippen molar-refractivity contribution in [3.63, 3.8) is 0 Å². The van der Waals surface area contributed by atoms with Crippen molar-refractivity contribution in [2.24, 2.45) is 0 Å². The Labute approximate surface area is 91.4 Å². The van der Waals surface area contributed by atoms with E-state index >= 15 is 0 Å². The largest absolute Gasteiger partial charge is 0.390 e. The minimum atomic E-state index is -2.38. The van der Waals surface area contributed by atoms with E-state index in [1.165, 1.54) is 6.92 Å². The third-order valence-electron chi connectivity index (χ3n) is 2.03. The molecule has 1 aromatic rings. The molecule has 0 bridgehead atoms. The molecule has 0 saturated heterocycles. The van der Waals surface area contributed by atoms with Crippen molar-refractivity contribution in [1.82, 2.24) is 0 Å². The van der Waals surface area contributed by atoms with Gasteiger partial charge in [-0.2, -0.15) is 4.21 Å². The van der Waals surface area contributed by atoms with E-state index in [0.29, 0.717) is 5.56 Å². The highest BCUT2D eigenvalue weighted by Gasteiger charge is 2.20. The lowest BCUT2D eigenvalue weighted by Crippen LogP contribution is -2.18. The summed E-state index contributed by atoms with van der Waals surface area (Å²) in [6.45, 7) is 3.45. The van der Waals surface area contributed by atoms with Gasteiger partial charge < -0.3 is 5.11 Å². The molecule has 0 radical (unpaired) electrons. The molecular formula is C10H14O4S. The van der Waals surface area contributed by atoms with Crippen molar-refractivity contribution in [3.8, 4) is 0 Å². The van der Waals surface area contributed by atoms with Crippen molar-refractivity contribution < 1.29 is 18.1 Å². The lowest BCUT2D eigenvalue weighted by atomic mass is 10.0. The third kappa shape index (κ3) is 3.71. The maximum Gasteiger partial charge on any atom is 0.302 e. The number of benzene rings is 1. The molecule has 5 heteroatoms. The minimum absolute atomic E-state index is 0.679. The molecule has 3 unspecified atom stereocenters. The van der Waals surface area contributed by atoms with Crippen LogP contribution >= 0.6 is 0 Å². The maximum atomic E-state index is 10.5. The van der Waals surface area contributed by atoms with Crippen molar-refractivity contribution in [2.75, 3.05) is 0 Å². The Hall–Kier alpha value is -0.750. The van der Waals surface area contributed by atoms with E-state index in [4.69, 9.17) is 8.74 Å². The van der Waals surface area contributed by atoms with Crippen LogP contribution in [0.5, 0.6) is 0 Å². The van der Waals surface area contributed by atoms with Gasteiger partial charge in [0.1, 0.15) is 6.10 Å². The Kier molecular flexibility index (Phi) is 4.41. The Bertz CT molecular complexity index is 334. The monoisotopic (exact) mass is 230 g/mol. The van der Waals surface area contributed by atoms with Crippen molar-refractivity contribution in [1.29, 1.82) is 0 Å². The first-order valence-corrected chi connectivity index (χ1v) is 5.56. The first kappa shape index (κ1) is 12.3. The molecule has 0 fully saturated rings. The molecule has 0 aliphatic rings. The van der Waals surface area contributed by atoms with E-state index in [0.717, 1.165) is 5.56 Å². The van der Waals surface area contributed by atoms with Gasteiger partial charge in [0.2, 0.25) is 0 Å². The number of aliphatic hydroxyl groups is 1. The highest BCUT2D eigenvalue weighted by molar-refractivity contribution is 7.74. The van der Waals surface area contributed by atoms with Gasteiger partial charge in [0.25, 0.3) is 0 Å². The second-order valence-corrected chi connectivity index (χ2v) is 4.01. The van der Waals surface area contributed by atoms with Crippen molar-refractivity contribution >= 4 is 11.4 Å². The second-order valence-electron chi connectivity index (χ2n) is 3.39. The summed E-state index contributed by atoms with van der Waals surface area (Å²) in [5.74, 6) is 0. The minimum Gasteiger partial charge on any atom is -0.390 e. The van der Waals surface area contributed by atoms with Gasteiger partial charge in [-0.05, 0) is 19.4 Å². The van der Waals surface area contributed by atoms with Crippen LogP contribution in [0.15, 0.2) is 24.3 Å². The smallest absolute Gasteiger partial charge is 0.302 e. The van der Waals surface area contributed by atoms with Gasteiger partial charge in [0.15, 0.2) is 0 Å². The van der Waals surface area contributed by atoms with E-state index in [2.05, 4.69) is 0 Å². The van der Waals surface area contributed by atoms with Crippen LogP contribution in [-0.4, -0.2) is 20.0 Å². The van der Waals surface area contributed by atoms with Crippen LogP contribution in [0.4, 0.5) is 0 Å². The summed E-state index contributed by atoms with van der Waals surface area (Å²) in [6.07, 6.45) is -1.62. The molecule has 84 valence electrons. The quantitative estimate of drug-likeness (QED) is 0.770. The standard InChI is InChI=1S/C10H14O4S/c1-7-3-5-9(6-4-7)10(8(2)11)14-15(12)13/h3-6,8,10-11H,1-2H3,(H,12,13). The highest BCUT2D eigenvalue weighted by atomic mass is 32.2. The summed E-state index contributed by atoms with van der Waals surface area (Å²) >= 11 is -2.38. The molecule has 2 N–H and O–H groups in total. The van der Waals surface area contributed by atoms with E-state index in [1.807, 2.05) is 19.1 Å². The molecule has 0 aromatic heterocycles. The first-order chi connectivity index (χ1) is 7.00. The fraction of sp³-hybridized carbons (Fsp3) is 0.400. The number of hydrogen-bond acceptors (Lipinski definition) is 3. The van der Waals surface area contributed by atoms with Gasteiger partial charge >= 0.3 is 11.4 Å². The zero-order valence-electron chi connectivity index (χ0n) is 8.58. The van der Waals surface area contributed by atoms with Crippen LogP contribution in [0, 0.1) is 6.92 Å². The van der Waals surface area contributed by atoms with Crippen LogP contribution in [0.3, 0.4) is 0 Å². The predicted octanol–water partition coefficient (Wildman–Crippen LogP) is 1.57. The SMILES string of the molecule is Cc1ccc(C(OS(=O)O)C(C)O)cc1. The lowest BCUT2D eigenvalue weighted by molar-refractivity contribution is 0.0511. The summed E-state index contributed by atoms with van der Waals surface area (Å²) in [5.41, 5.74) is 1.76. The zero-order valence-corrected chi connectivity index (χ0v) is 9.40. The lowest BCUT2D eigenvalue weighted by Gasteiger charge is -2.18. The van der Waals surface area contributed by atoms with E-state index in [9.17, 15) is 9.32 Å². The average molecular weight is 230 g/mol. The van der Waals surface area contributed by atoms with Gasteiger partial charge in [-0.3, -0.25) is 8.74 Å². The van der Waals surface area contributed by atoms with Gasteiger partial charge in [-0.15, -0.1) is 0 Å². The van der Waals surface area contributed by atoms with Crippen LogP contribution < -0.4 is 0 Å². The number of hydrogen-bond donors (Lipinski definition) is 2. The Morgan fingerprint density at radius 3 is 2.27 bits per heavy atom. The zero-order chi connectivity index (χ0) is 11.4. The summed E-state index contributed by atoms with van der Waals surface area (Å²) in [6, 6.07) is 7.24. The molecule has 0 aliphatic carbocycles. The van der Waals surface area contributed by atoms with Crippen LogP contribution in [0.1, 0.15) is 24.2 Å². The topological polar surface area (TPSA) is 66.8 Å². The summed E-state index contributed by atoms with van der Waals surface area (Å²) < 4.78 is 23.9. The normalized spacial score (nSPS) is 17.1. The van der Waals surface area contributed by atoms with E-state index in [1.54, 1.807) is 12.1 Å². The summed E-state index contributed by atoms with van der Waals surface area (Å²) in [4.78, 5) is 0. The fourth-order valence-electron chi connectivity index (χ4n) is 1.26. The fourth-order valence-corrected chi connectivity index (χ4v) is 1.71. The molecule has 0 aliphatic heterocycles. The molecule has 4 nitrogen and oxygen atoms in total. The molecule has 1 aromatic carbocycles. The molecule has 3 atom stereocenters. The number of aliphatic hydroxyl groups excluding tert-OH is 1. The van der Waals surface area contributed by atoms with Crippen LogP contribution in [-0.2, 0) is 15.5 Å². The Balaban J connectivity index is 2.88. The van der Waals surface area contributed by atoms with Gasteiger partial charge in [0.05, 0.1) is 6.10 Å². The Morgan fingerprint density at radius 2 is 1.87 bits per heavy atom.